The number of aromatic nitrogens is 1. The SMILES string of the molecule is C[C@@H]1CCCN1CCCOC1=CC=C(n2c(C(=O)N3CCCC3)cc3ccccc32)C=CC1. The van der Waals surface area contributed by atoms with Gasteiger partial charge in [-0.2, -0.15) is 0 Å². The molecule has 0 spiro atoms. The Morgan fingerprint density at radius 3 is 2.76 bits per heavy atom. The van der Waals surface area contributed by atoms with Crippen molar-refractivity contribution in [1.29, 1.82) is 0 Å². The predicted octanol–water partition coefficient (Wildman–Crippen LogP) is 5.45. The summed E-state index contributed by atoms with van der Waals surface area (Å²) in [5, 5.41) is 1.09. The van der Waals surface area contributed by atoms with Gasteiger partial charge >= 0.3 is 0 Å². The van der Waals surface area contributed by atoms with E-state index in [1.165, 1.54) is 19.4 Å². The van der Waals surface area contributed by atoms with Crippen LogP contribution in [0.2, 0.25) is 0 Å². The fourth-order valence-corrected chi connectivity index (χ4v) is 5.32. The van der Waals surface area contributed by atoms with Crippen molar-refractivity contribution in [3.8, 4) is 0 Å². The minimum Gasteiger partial charge on any atom is -0.498 e. The highest BCUT2D eigenvalue weighted by molar-refractivity contribution is 6.01. The lowest BCUT2D eigenvalue weighted by molar-refractivity contribution is 0.0785. The lowest BCUT2D eigenvalue weighted by Gasteiger charge is -2.20. The van der Waals surface area contributed by atoms with Crippen molar-refractivity contribution in [1.82, 2.24) is 14.4 Å². The van der Waals surface area contributed by atoms with E-state index in [4.69, 9.17) is 4.74 Å². The molecule has 33 heavy (non-hydrogen) atoms. The number of hydrogen-bond acceptors (Lipinski definition) is 3. The topological polar surface area (TPSA) is 37.7 Å². The van der Waals surface area contributed by atoms with Gasteiger partial charge in [0.2, 0.25) is 0 Å². The van der Waals surface area contributed by atoms with Gasteiger partial charge < -0.3 is 19.1 Å². The van der Waals surface area contributed by atoms with Crippen molar-refractivity contribution in [2.45, 2.75) is 51.5 Å². The Labute approximate surface area is 197 Å². The fraction of sp³-hybridized carbons (Fsp3) is 0.464. The maximum Gasteiger partial charge on any atom is 0.270 e. The van der Waals surface area contributed by atoms with Crippen LogP contribution >= 0.6 is 0 Å². The molecule has 3 heterocycles. The Kier molecular flexibility index (Phi) is 6.68. The summed E-state index contributed by atoms with van der Waals surface area (Å²) in [4.78, 5) is 17.9. The lowest BCUT2D eigenvalue weighted by Crippen LogP contribution is -2.29. The molecule has 0 unspecified atom stereocenters. The monoisotopic (exact) mass is 445 g/mol. The highest BCUT2D eigenvalue weighted by Gasteiger charge is 2.25. The zero-order chi connectivity index (χ0) is 22.6. The number of carbonyl (C=O) groups excluding carboxylic acids is 1. The molecule has 1 aromatic heterocycles. The molecule has 2 aromatic rings. The second kappa shape index (κ2) is 10.0. The summed E-state index contributed by atoms with van der Waals surface area (Å²) in [6.45, 7) is 7.11. The van der Waals surface area contributed by atoms with Crippen molar-refractivity contribution < 1.29 is 9.53 Å². The van der Waals surface area contributed by atoms with E-state index in [2.05, 4.69) is 52.8 Å². The van der Waals surface area contributed by atoms with Crippen molar-refractivity contribution in [2.24, 2.45) is 0 Å². The van der Waals surface area contributed by atoms with Gasteiger partial charge in [0.25, 0.3) is 5.91 Å². The maximum absolute atomic E-state index is 13.3. The zero-order valence-corrected chi connectivity index (χ0v) is 19.7. The highest BCUT2D eigenvalue weighted by atomic mass is 16.5. The van der Waals surface area contributed by atoms with Crippen LogP contribution in [0, 0.1) is 0 Å². The first-order valence-electron chi connectivity index (χ1n) is 12.5. The summed E-state index contributed by atoms with van der Waals surface area (Å²) in [7, 11) is 0. The van der Waals surface area contributed by atoms with Gasteiger partial charge in [0.1, 0.15) is 5.69 Å². The van der Waals surface area contributed by atoms with E-state index in [-0.39, 0.29) is 5.91 Å². The van der Waals surface area contributed by atoms with E-state index in [1.54, 1.807) is 0 Å². The van der Waals surface area contributed by atoms with E-state index in [1.807, 2.05) is 23.1 Å². The molecule has 2 fully saturated rings. The molecule has 0 radical (unpaired) electrons. The molecule has 3 aliphatic rings. The van der Waals surface area contributed by atoms with Crippen LogP contribution in [0.1, 0.15) is 55.9 Å². The normalized spacial score (nSPS) is 21.4. The second-order valence-electron chi connectivity index (χ2n) is 9.48. The molecule has 2 saturated heterocycles. The summed E-state index contributed by atoms with van der Waals surface area (Å²) in [5.41, 5.74) is 2.81. The summed E-state index contributed by atoms with van der Waals surface area (Å²) < 4.78 is 8.24. The minimum atomic E-state index is 0.124. The number of benzene rings is 1. The minimum absolute atomic E-state index is 0.124. The first kappa shape index (κ1) is 22.0. The second-order valence-corrected chi connectivity index (χ2v) is 9.48. The Bertz CT molecular complexity index is 1090. The van der Waals surface area contributed by atoms with E-state index in [0.717, 1.165) is 80.0 Å². The van der Waals surface area contributed by atoms with Crippen LogP contribution in [0.15, 0.2) is 60.4 Å². The number of allylic oxidation sites excluding steroid dienone is 5. The Morgan fingerprint density at radius 1 is 1.09 bits per heavy atom. The molecule has 5 rings (SSSR count). The van der Waals surface area contributed by atoms with Gasteiger partial charge in [0, 0.05) is 43.2 Å². The smallest absolute Gasteiger partial charge is 0.270 e. The van der Waals surface area contributed by atoms with Crippen molar-refractivity contribution in [2.75, 3.05) is 32.8 Å². The van der Waals surface area contributed by atoms with Gasteiger partial charge in [-0.1, -0.05) is 24.3 Å². The van der Waals surface area contributed by atoms with Gasteiger partial charge in [-0.15, -0.1) is 0 Å². The van der Waals surface area contributed by atoms with Gasteiger partial charge in [0.05, 0.1) is 17.9 Å². The molecule has 1 aromatic carbocycles. The molecule has 0 N–H and O–H groups in total. The molecule has 0 bridgehead atoms. The number of carbonyl (C=O) groups is 1. The number of hydrogen-bond donors (Lipinski definition) is 0. The van der Waals surface area contributed by atoms with Crippen LogP contribution in [0.25, 0.3) is 16.6 Å². The van der Waals surface area contributed by atoms with Crippen LogP contribution < -0.4 is 0 Å². The van der Waals surface area contributed by atoms with Crippen molar-refractivity contribution in [3.63, 3.8) is 0 Å². The van der Waals surface area contributed by atoms with E-state index >= 15 is 0 Å². The number of para-hydroxylation sites is 1. The van der Waals surface area contributed by atoms with Gasteiger partial charge in [-0.05, 0) is 75.9 Å². The van der Waals surface area contributed by atoms with E-state index in [9.17, 15) is 4.79 Å². The average Bonchev–Trinajstić information content (AvgIpc) is 3.55. The largest absolute Gasteiger partial charge is 0.498 e. The van der Waals surface area contributed by atoms with Gasteiger partial charge in [-0.3, -0.25) is 4.79 Å². The number of rotatable bonds is 7. The Morgan fingerprint density at radius 2 is 1.94 bits per heavy atom. The molecule has 1 aliphatic carbocycles. The lowest BCUT2D eigenvalue weighted by atomic mass is 10.2. The quantitative estimate of drug-likeness (QED) is 0.532. The predicted molar refractivity (Wildman–Crippen MR) is 134 cm³/mol. The summed E-state index contributed by atoms with van der Waals surface area (Å²) in [6, 6.07) is 11.0. The number of fused-ring (bicyclic) bond motifs is 1. The van der Waals surface area contributed by atoms with Crippen LogP contribution in [0.5, 0.6) is 0 Å². The van der Waals surface area contributed by atoms with Gasteiger partial charge in [0.15, 0.2) is 0 Å². The fourth-order valence-electron chi connectivity index (χ4n) is 5.32. The number of nitrogens with zero attached hydrogens (tertiary/aromatic N) is 3. The summed E-state index contributed by atoms with van der Waals surface area (Å²) >= 11 is 0. The Hall–Kier alpha value is -2.79. The molecule has 0 saturated carbocycles. The van der Waals surface area contributed by atoms with E-state index < -0.39 is 0 Å². The standard InChI is InChI=1S/C28H35N3O2/c1-22-9-7-18-29(22)19-8-20-33-25-12-6-11-24(14-15-25)31-26-13-3-2-10-23(26)21-27(31)28(32)30-16-4-5-17-30/h2-3,6,10-11,13-15,21-22H,4-5,7-9,12,16-20H2,1H3/t22-/m1/s1. The zero-order valence-electron chi connectivity index (χ0n) is 19.7. The molecule has 1 amide bonds. The Balaban J connectivity index is 1.33. The summed E-state index contributed by atoms with van der Waals surface area (Å²) in [5.74, 6) is 1.11. The van der Waals surface area contributed by atoms with Crippen molar-refractivity contribution in [3.05, 3.63) is 66.1 Å². The van der Waals surface area contributed by atoms with Crippen molar-refractivity contribution >= 4 is 22.5 Å². The molecule has 2 aliphatic heterocycles. The highest BCUT2D eigenvalue weighted by Crippen LogP contribution is 2.28. The molecule has 5 heteroatoms. The first-order valence-corrected chi connectivity index (χ1v) is 12.5. The third-order valence-electron chi connectivity index (χ3n) is 7.20. The first-order chi connectivity index (χ1) is 16.2. The third-order valence-corrected chi connectivity index (χ3v) is 7.20. The maximum atomic E-state index is 13.3. The van der Waals surface area contributed by atoms with Crippen LogP contribution in [0.4, 0.5) is 0 Å². The van der Waals surface area contributed by atoms with Crippen LogP contribution in [-0.2, 0) is 4.74 Å². The van der Waals surface area contributed by atoms with Gasteiger partial charge in [-0.25, -0.2) is 0 Å². The third kappa shape index (κ3) is 4.79. The van der Waals surface area contributed by atoms with Crippen LogP contribution in [0.3, 0.4) is 0 Å². The average molecular weight is 446 g/mol. The van der Waals surface area contributed by atoms with E-state index in [0.29, 0.717) is 6.04 Å². The number of ether oxygens (including phenoxy) is 1. The molecule has 5 nitrogen and oxygen atoms in total. The molecular weight excluding hydrogens is 410 g/mol. The number of likely N-dealkylation sites (tertiary alicyclic amines) is 2. The molecular formula is C28H35N3O2. The van der Waals surface area contributed by atoms with Crippen LogP contribution in [-0.4, -0.2) is 59.1 Å². The summed E-state index contributed by atoms with van der Waals surface area (Å²) in [6.07, 6.45) is 15.1. The molecule has 174 valence electrons. The number of amides is 1. The molecule has 1 atom stereocenters.